The number of aliphatic carboxylic acids is 1. The van der Waals surface area contributed by atoms with Crippen molar-refractivity contribution in [2.45, 2.75) is 25.3 Å². The van der Waals surface area contributed by atoms with Crippen molar-refractivity contribution in [2.24, 2.45) is 11.0 Å². The molecule has 6 heteroatoms. The van der Waals surface area contributed by atoms with Gasteiger partial charge in [-0.1, -0.05) is 5.11 Å². The Kier molecular flexibility index (Phi) is 3.33. The zero-order chi connectivity index (χ0) is 10.6. The highest BCUT2D eigenvalue weighted by atomic mass is 16.4. The third-order valence-corrected chi connectivity index (χ3v) is 2.61. The Labute approximate surface area is 81.9 Å². The second-order valence-electron chi connectivity index (χ2n) is 3.66. The van der Waals surface area contributed by atoms with Crippen molar-refractivity contribution in [2.75, 3.05) is 13.1 Å². The van der Waals surface area contributed by atoms with E-state index in [-0.39, 0.29) is 12.5 Å². The molecular weight excluding hydrogens is 184 g/mol. The average molecular weight is 198 g/mol. The molecule has 1 fully saturated rings. The van der Waals surface area contributed by atoms with E-state index in [0.29, 0.717) is 6.54 Å². The van der Waals surface area contributed by atoms with Crippen molar-refractivity contribution in [1.29, 1.82) is 0 Å². The van der Waals surface area contributed by atoms with Gasteiger partial charge in [0.2, 0.25) is 0 Å². The number of hydrogen-bond donors (Lipinski definition) is 2. The number of carboxylic acids is 1. The third-order valence-electron chi connectivity index (χ3n) is 2.61. The lowest BCUT2D eigenvalue weighted by atomic mass is 9.96. The maximum Gasteiger partial charge on any atom is 0.323 e. The van der Waals surface area contributed by atoms with Gasteiger partial charge in [-0.2, -0.15) is 0 Å². The van der Waals surface area contributed by atoms with E-state index in [9.17, 15) is 4.79 Å². The fourth-order valence-corrected chi connectivity index (χ4v) is 1.47. The smallest absolute Gasteiger partial charge is 0.323 e. The first-order chi connectivity index (χ1) is 6.61. The normalized spacial score (nSPS) is 19.5. The maximum atomic E-state index is 11.0. The molecule has 0 bridgehead atoms. The number of carbonyl (C=O) groups is 1. The summed E-state index contributed by atoms with van der Waals surface area (Å²) in [4.78, 5) is 13.6. The number of rotatable bonds is 6. The Morgan fingerprint density at radius 1 is 1.79 bits per heavy atom. The van der Waals surface area contributed by atoms with Gasteiger partial charge in [0.05, 0.1) is 0 Å². The monoisotopic (exact) mass is 198 g/mol. The second-order valence-corrected chi connectivity index (χ2v) is 3.66. The molecule has 1 atom stereocenters. The van der Waals surface area contributed by atoms with Gasteiger partial charge in [0.1, 0.15) is 5.54 Å². The predicted octanol–water partition coefficient (Wildman–Crippen LogP) is 1.14. The van der Waals surface area contributed by atoms with E-state index in [2.05, 4.69) is 15.3 Å². The van der Waals surface area contributed by atoms with Gasteiger partial charge in [0, 0.05) is 18.0 Å². The van der Waals surface area contributed by atoms with Gasteiger partial charge in [0.25, 0.3) is 0 Å². The highest BCUT2D eigenvalue weighted by Crippen LogP contribution is 2.39. The topological polar surface area (TPSA) is 98.1 Å². The summed E-state index contributed by atoms with van der Waals surface area (Å²) < 4.78 is 0. The lowest BCUT2D eigenvalue weighted by Crippen LogP contribution is -2.52. The van der Waals surface area contributed by atoms with Crippen molar-refractivity contribution >= 4 is 5.97 Å². The maximum absolute atomic E-state index is 11.0. The average Bonchev–Trinajstić information content (AvgIpc) is 2.95. The van der Waals surface area contributed by atoms with Crippen LogP contribution in [0, 0.1) is 5.92 Å². The molecule has 0 radical (unpaired) electrons. The van der Waals surface area contributed by atoms with Crippen molar-refractivity contribution in [3.63, 3.8) is 0 Å². The van der Waals surface area contributed by atoms with Crippen molar-refractivity contribution < 1.29 is 9.90 Å². The zero-order valence-corrected chi connectivity index (χ0v) is 8.10. The molecule has 0 aromatic heterocycles. The molecule has 0 aliphatic heterocycles. The van der Waals surface area contributed by atoms with Crippen LogP contribution >= 0.6 is 0 Å². The molecule has 0 saturated heterocycles. The first-order valence-corrected chi connectivity index (χ1v) is 4.60. The third kappa shape index (κ3) is 2.37. The summed E-state index contributed by atoms with van der Waals surface area (Å²) >= 11 is 0. The van der Waals surface area contributed by atoms with Crippen LogP contribution in [-0.2, 0) is 4.79 Å². The quantitative estimate of drug-likeness (QED) is 0.290. The zero-order valence-electron chi connectivity index (χ0n) is 8.10. The molecule has 1 unspecified atom stereocenters. The van der Waals surface area contributed by atoms with E-state index >= 15 is 0 Å². The van der Waals surface area contributed by atoms with E-state index in [1.54, 1.807) is 6.92 Å². The van der Waals surface area contributed by atoms with Crippen molar-refractivity contribution in [3.8, 4) is 0 Å². The standard InChI is InChI=1S/C8H14N4O2/c1-8(7(13)14,6-2-3-6)10-4-5-11-12-9/h6,10H,2-5H2,1H3,(H,13,14). The fraction of sp³-hybridized carbons (Fsp3) is 0.875. The molecule has 1 aliphatic rings. The van der Waals surface area contributed by atoms with E-state index in [1.165, 1.54) is 0 Å². The van der Waals surface area contributed by atoms with Crippen LogP contribution in [0.3, 0.4) is 0 Å². The molecule has 0 spiro atoms. The van der Waals surface area contributed by atoms with Crippen LogP contribution in [0.1, 0.15) is 19.8 Å². The summed E-state index contributed by atoms with van der Waals surface area (Å²) in [7, 11) is 0. The minimum atomic E-state index is -0.856. The lowest BCUT2D eigenvalue weighted by Gasteiger charge is -2.25. The van der Waals surface area contributed by atoms with Crippen molar-refractivity contribution in [1.82, 2.24) is 5.32 Å². The molecule has 0 aromatic carbocycles. The molecule has 2 N–H and O–H groups in total. The summed E-state index contributed by atoms with van der Waals surface area (Å²) in [6.45, 7) is 2.37. The van der Waals surface area contributed by atoms with E-state index in [1.807, 2.05) is 0 Å². The molecular formula is C8H14N4O2. The SMILES string of the molecule is CC(NCCN=[N+]=[N-])(C(=O)O)C1CC1. The number of hydrogen-bond acceptors (Lipinski definition) is 3. The lowest BCUT2D eigenvalue weighted by molar-refractivity contribution is -0.145. The Hall–Kier alpha value is -1.26. The van der Waals surface area contributed by atoms with Crippen LogP contribution in [0.25, 0.3) is 10.4 Å². The minimum absolute atomic E-state index is 0.214. The van der Waals surface area contributed by atoms with Gasteiger partial charge in [-0.25, -0.2) is 0 Å². The van der Waals surface area contributed by atoms with Gasteiger partial charge in [-0.05, 0) is 31.2 Å². The molecule has 1 rings (SSSR count). The molecule has 0 heterocycles. The van der Waals surface area contributed by atoms with Crippen LogP contribution in [0.4, 0.5) is 0 Å². The van der Waals surface area contributed by atoms with Gasteiger partial charge < -0.3 is 10.4 Å². The van der Waals surface area contributed by atoms with E-state index < -0.39 is 11.5 Å². The highest BCUT2D eigenvalue weighted by molar-refractivity contribution is 5.79. The molecule has 0 amide bonds. The van der Waals surface area contributed by atoms with Crippen LogP contribution in [0.15, 0.2) is 5.11 Å². The first-order valence-electron chi connectivity index (χ1n) is 4.60. The van der Waals surface area contributed by atoms with Gasteiger partial charge in [-0.3, -0.25) is 4.79 Å². The predicted molar refractivity (Wildman–Crippen MR) is 50.8 cm³/mol. The van der Waals surface area contributed by atoms with E-state index in [4.69, 9.17) is 10.6 Å². The molecule has 78 valence electrons. The summed E-state index contributed by atoms with van der Waals surface area (Å²) in [6, 6.07) is 0. The van der Waals surface area contributed by atoms with Crippen LogP contribution in [0.5, 0.6) is 0 Å². The first kappa shape index (κ1) is 10.8. The number of azide groups is 1. The molecule has 1 aliphatic carbocycles. The number of nitrogens with one attached hydrogen (secondary N) is 1. The van der Waals surface area contributed by atoms with Gasteiger partial charge in [-0.15, -0.1) is 0 Å². The van der Waals surface area contributed by atoms with Crippen LogP contribution < -0.4 is 5.32 Å². The Morgan fingerprint density at radius 3 is 2.86 bits per heavy atom. The molecule has 6 nitrogen and oxygen atoms in total. The number of carboxylic acid groups (broad SMARTS) is 1. The summed E-state index contributed by atoms with van der Waals surface area (Å²) in [5.74, 6) is -0.619. The van der Waals surface area contributed by atoms with Gasteiger partial charge >= 0.3 is 5.97 Å². The largest absolute Gasteiger partial charge is 0.480 e. The molecule has 14 heavy (non-hydrogen) atoms. The molecule has 0 aromatic rings. The van der Waals surface area contributed by atoms with Crippen LogP contribution in [-0.4, -0.2) is 29.7 Å². The highest BCUT2D eigenvalue weighted by Gasteiger charge is 2.46. The number of nitrogens with zero attached hydrogens (tertiary/aromatic N) is 3. The Balaban J connectivity index is 2.43. The molecule has 1 saturated carbocycles. The van der Waals surface area contributed by atoms with Gasteiger partial charge in [0.15, 0.2) is 0 Å². The Morgan fingerprint density at radius 2 is 2.43 bits per heavy atom. The summed E-state index contributed by atoms with van der Waals surface area (Å²) in [5.41, 5.74) is 7.18. The Bertz CT molecular complexity index is 271. The summed E-state index contributed by atoms with van der Waals surface area (Å²) in [5, 5.41) is 15.3. The van der Waals surface area contributed by atoms with E-state index in [0.717, 1.165) is 12.8 Å². The van der Waals surface area contributed by atoms with Crippen molar-refractivity contribution in [3.05, 3.63) is 10.4 Å². The summed E-state index contributed by atoms with van der Waals surface area (Å²) in [6.07, 6.45) is 1.91. The van der Waals surface area contributed by atoms with Crippen LogP contribution in [0.2, 0.25) is 0 Å². The second kappa shape index (κ2) is 4.30. The minimum Gasteiger partial charge on any atom is -0.480 e. The fourth-order valence-electron chi connectivity index (χ4n) is 1.47.